The van der Waals surface area contributed by atoms with E-state index < -0.39 is 6.10 Å². The number of phenolic OH excluding ortho intramolecular Hbond substituents is 1. The van der Waals surface area contributed by atoms with Gasteiger partial charge in [0.1, 0.15) is 5.75 Å². The third-order valence-corrected chi connectivity index (χ3v) is 4.13. The average molecular weight is 328 g/mol. The van der Waals surface area contributed by atoms with Crippen molar-refractivity contribution in [3.05, 3.63) is 47.8 Å². The minimum atomic E-state index is -0.737. The van der Waals surface area contributed by atoms with E-state index in [1.54, 1.807) is 41.6 Å². The molecule has 0 aliphatic carbocycles. The summed E-state index contributed by atoms with van der Waals surface area (Å²) in [6.07, 6.45) is 3.08. The van der Waals surface area contributed by atoms with Gasteiger partial charge in [-0.25, -0.2) is 9.97 Å². The summed E-state index contributed by atoms with van der Waals surface area (Å²) in [7, 11) is 0. The highest BCUT2D eigenvalue weighted by atomic mass is 16.3. The number of aliphatic hydroxyl groups is 1. The summed E-state index contributed by atoms with van der Waals surface area (Å²) in [5.41, 5.74) is 1.14. The van der Waals surface area contributed by atoms with Gasteiger partial charge in [-0.15, -0.1) is 0 Å². The lowest BCUT2D eigenvalue weighted by Crippen LogP contribution is -2.51. The van der Waals surface area contributed by atoms with Crippen LogP contribution in [0.5, 0.6) is 5.75 Å². The van der Waals surface area contributed by atoms with Crippen LogP contribution in [-0.2, 0) is 0 Å². The van der Waals surface area contributed by atoms with E-state index in [4.69, 9.17) is 0 Å². The fourth-order valence-corrected chi connectivity index (χ4v) is 2.82. The second kappa shape index (κ2) is 6.84. The number of aromatic hydroxyl groups is 1. The Balaban J connectivity index is 1.65. The van der Waals surface area contributed by atoms with E-state index in [9.17, 15) is 15.0 Å². The number of nitrogens with one attached hydrogen (secondary N) is 1. The van der Waals surface area contributed by atoms with Crippen LogP contribution < -0.4 is 5.32 Å². The molecule has 126 valence electrons. The molecule has 1 aromatic carbocycles. The van der Waals surface area contributed by atoms with Crippen molar-refractivity contribution in [1.29, 1.82) is 0 Å². The first-order chi connectivity index (χ1) is 11.5. The van der Waals surface area contributed by atoms with Crippen molar-refractivity contribution < 1.29 is 15.0 Å². The van der Waals surface area contributed by atoms with Gasteiger partial charge in [0, 0.05) is 25.5 Å². The van der Waals surface area contributed by atoms with Crippen molar-refractivity contribution in [2.45, 2.75) is 25.5 Å². The molecular formula is C17H20N4O3. The number of anilines is 1. The van der Waals surface area contributed by atoms with Gasteiger partial charge < -0.3 is 20.4 Å². The average Bonchev–Trinajstić information content (AvgIpc) is 2.57. The number of rotatable bonds is 3. The molecule has 1 aliphatic heterocycles. The Morgan fingerprint density at radius 3 is 2.75 bits per heavy atom. The van der Waals surface area contributed by atoms with Crippen molar-refractivity contribution >= 4 is 11.9 Å². The lowest BCUT2D eigenvalue weighted by Gasteiger charge is -2.36. The smallest absolute Gasteiger partial charge is 0.257 e. The molecule has 1 aliphatic rings. The highest BCUT2D eigenvalue weighted by Gasteiger charge is 2.31. The molecule has 2 atom stereocenters. The summed E-state index contributed by atoms with van der Waals surface area (Å²) >= 11 is 0. The van der Waals surface area contributed by atoms with E-state index in [1.807, 2.05) is 6.92 Å². The second-order valence-electron chi connectivity index (χ2n) is 5.95. The third kappa shape index (κ3) is 3.46. The molecular weight excluding hydrogens is 308 g/mol. The van der Waals surface area contributed by atoms with E-state index in [1.165, 1.54) is 0 Å². The highest BCUT2D eigenvalue weighted by molar-refractivity contribution is 5.97. The van der Waals surface area contributed by atoms with Gasteiger partial charge in [-0.05, 0) is 37.1 Å². The lowest BCUT2D eigenvalue weighted by molar-refractivity contribution is 0.0423. The molecule has 1 fully saturated rings. The van der Waals surface area contributed by atoms with Crippen LogP contribution in [-0.4, -0.2) is 56.2 Å². The number of nitrogens with zero attached hydrogens (tertiary/aromatic N) is 3. The molecule has 0 unspecified atom stereocenters. The molecule has 3 N–H and O–H groups in total. The van der Waals surface area contributed by atoms with Crippen LogP contribution in [0, 0.1) is 6.92 Å². The first-order valence-corrected chi connectivity index (χ1v) is 7.85. The van der Waals surface area contributed by atoms with Crippen LogP contribution in [0.15, 0.2) is 36.7 Å². The fraction of sp³-hybridized carbons (Fsp3) is 0.353. The van der Waals surface area contributed by atoms with Crippen LogP contribution in [0.2, 0.25) is 0 Å². The molecule has 0 saturated carbocycles. The number of aromatic nitrogens is 2. The largest absolute Gasteiger partial charge is 0.507 e. The first-order valence-electron chi connectivity index (χ1n) is 7.85. The Kier molecular flexibility index (Phi) is 4.61. The number of phenols is 1. The van der Waals surface area contributed by atoms with Crippen molar-refractivity contribution in [3.63, 3.8) is 0 Å². The molecule has 1 amide bonds. The number of hydrogen-bond donors (Lipinski definition) is 3. The van der Waals surface area contributed by atoms with Crippen LogP contribution in [0.3, 0.4) is 0 Å². The molecule has 1 saturated heterocycles. The lowest BCUT2D eigenvalue weighted by atomic mass is 10.0. The number of hydrogen-bond acceptors (Lipinski definition) is 6. The predicted molar refractivity (Wildman–Crippen MR) is 88.8 cm³/mol. The second-order valence-corrected chi connectivity index (χ2v) is 5.95. The number of β-amino-alcohol motifs (C(OH)–C–C–N with tert-alkyl or cyclic N) is 1. The molecule has 0 radical (unpaired) electrons. The zero-order valence-electron chi connectivity index (χ0n) is 13.4. The molecule has 1 aromatic heterocycles. The topological polar surface area (TPSA) is 98.6 Å². The molecule has 2 heterocycles. The van der Waals surface area contributed by atoms with Crippen LogP contribution in [0.25, 0.3) is 0 Å². The molecule has 3 rings (SSSR count). The number of carbonyl (C=O) groups excluding carboxylic acids is 1. The molecule has 7 nitrogen and oxygen atoms in total. The van der Waals surface area contributed by atoms with Gasteiger partial charge in [0.15, 0.2) is 0 Å². The molecule has 24 heavy (non-hydrogen) atoms. The number of amides is 1. The normalized spacial score (nSPS) is 20.7. The van der Waals surface area contributed by atoms with Gasteiger partial charge in [-0.2, -0.15) is 0 Å². The minimum Gasteiger partial charge on any atom is -0.507 e. The monoisotopic (exact) mass is 328 g/mol. The summed E-state index contributed by atoms with van der Waals surface area (Å²) in [5, 5.41) is 23.4. The first kappa shape index (κ1) is 16.2. The Hall–Kier alpha value is -2.67. The summed E-state index contributed by atoms with van der Waals surface area (Å²) in [6.45, 7) is 2.52. The summed E-state index contributed by atoms with van der Waals surface area (Å²) < 4.78 is 0. The third-order valence-electron chi connectivity index (χ3n) is 4.13. The van der Waals surface area contributed by atoms with Crippen molar-refractivity contribution in [1.82, 2.24) is 14.9 Å². The molecule has 0 bridgehead atoms. The zero-order valence-corrected chi connectivity index (χ0v) is 13.4. The van der Waals surface area contributed by atoms with Gasteiger partial charge in [-0.3, -0.25) is 4.79 Å². The van der Waals surface area contributed by atoms with Crippen molar-refractivity contribution in [2.24, 2.45) is 0 Å². The minimum absolute atomic E-state index is 0.0348. The molecule has 0 spiro atoms. The number of likely N-dealkylation sites (tertiary alicyclic amines) is 1. The maximum absolute atomic E-state index is 12.6. The van der Waals surface area contributed by atoms with Gasteiger partial charge >= 0.3 is 0 Å². The number of benzene rings is 1. The maximum Gasteiger partial charge on any atom is 0.257 e. The van der Waals surface area contributed by atoms with Crippen LogP contribution in [0.1, 0.15) is 22.3 Å². The SMILES string of the molecule is Cc1ccc(C(=O)N2CC[C@@H](Nc3ncccn3)[C@H](O)C2)c(O)c1. The Morgan fingerprint density at radius 1 is 1.33 bits per heavy atom. The van der Waals surface area contributed by atoms with Gasteiger partial charge in [0.25, 0.3) is 5.91 Å². The van der Waals surface area contributed by atoms with E-state index in [0.29, 0.717) is 18.9 Å². The quantitative estimate of drug-likeness (QED) is 0.782. The van der Waals surface area contributed by atoms with Crippen LogP contribution in [0.4, 0.5) is 5.95 Å². The summed E-state index contributed by atoms with van der Waals surface area (Å²) in [6, 6.07) is 6.45. The summed E-state index contributed by atoms with van der Waals surface area (Å²) in [4.78, 5) is 22.3. The standard InChI is InChI=1S/C17H20N4O3/c1-11-3-4-12(14(22)9-11)16(24)21-8-5-13(15(23)10-21)20-17-18-6-2-7-19-17/h2-4,6-7,9,13,15,22-23H,5,8,10H2,1H3,(H,18,19,20)/t13-,15-/m1/s1. The van der Waals surface area contributed by atoms with Crippen molar-refractivity contribution in [3.8, 4) is 5.75 Å². The Morgan fingerprint density at radius 2 is 2.08 bits per heavy atom. The highest BCUT2D eigenvalue weighted by Crippen LogP contribution is 2.23. The fourth-order valence-electron chi connectivity index (χ4n) is 2.82. The van der Waals surface area contributed by atoms with E-state index in [-0.39, 0.29) is 29.8 Å². The number of carbonyl (C=O) groups is 1. The van der Waals surface area contributed by atoms with Crippen LogP contribution >= 0.6 is 0 Å². The molecule has 7 heteroatoms. The van der Waals surface area contributed by atoms with E-state index >= 15 is 0 Å². The molecule has 2 aromatic rings. The maximum atomic E-state index is 12.6. The number of aryl methyl sites for hydroxylation is 1. The Labute approximate surface area is 140 Å². The Bertz CT molecular complexity index is 723. The number of aliphatic hydroxyl groups excluding tert-OH is 1. The van der Waals surface area contributed by atoms with E-state index in [2.05, 4.69) is 15.3 Å². The summed E-state index contributed by atoms with van der Waals surface area (Å²) in [5.74, 6) is 0.144. The number of piperidine rings is 1. The predicted octanol–water partition coefficient (Wildman–Crippen LogP) is 1.18. The van der Waals surface area contributed by atoms with E-state index in [0.717, 1.165) is 5.56 Å². The van der Waals surface area contributed by atoms with Crippen molar-refractivity contribution in [2.75, 3.05) is 18.4 Å². The van der Waals surface area contributed by atoms with Gasteiger partial charge in [0.05, 0.1) is 17.7 Å². The van der Waals surface area contributed by atoms with Gasteiger partial charge in [-0.1, -0.05) is 6.07 Å². The zero-order chi connectivity index (χ0) is 17.1. The van der Waals surface area contributed by atoms with Gasteiger partial charge in [0.2, 0.25) is 5.95 Å².